The molecule has 0 bridgehead atoms. The summed E-state index contributed by atoms with van der Waals surface area (Å²) < 4.78 is 0. The van der Waals surface area contributed by atoms with Gasteiger partial charge in [-0.3, -0.25) is 4.79 Å². The second-order valence-electron chi connectivity index (χ2n) is 6.82. The van der Waals surface area contributed by atoms with Crippen molar-refractivity contribution in [1.29, 1.82) is 0 Å². The van der Waals surface area contributed by atoms with Gasteiger partial charge in [0.15, 0.2) is 0 Å². The van der Waals surface area contributed by atoms with E-state index in [9.17, 15) is 9.90 Å². The highest BCUT2D eigenvalue weighted by atomic mass is 16.7. The number of unbranched alkanes of at least 4 members (excludes halogenated alkanes) is 8. The Bertz CT molecular complexity index is 299. The molecular weight excluding hydrogens is 306 g/mol. The molecule has 3 N–H and O–H groups in total. The molecule has 0 heterocycles. The average molecular weight is 346 g/mol. The van der Waals surface area contributed by atoms with E-state index < -0.39 is 5.60 Å². The summed E-state index contributed by atoms with van der Waals surface area (Å²) in [6, 6.07) is 0. The Labute approximate surface area is 148 Å². The van der Waals surface area contributed by atoms with Gasteiger partial charge in [-0.2, -0.15) is 5.48 Å². The van der Waals surface area contributed by atoms with Crippen molar-refractivity contribution in [2.75, 3.05) is 13.2 Å². The number of nitrogens with one attached hydrogen (secondary N) is 1. The molecule has 144 valence electrons. The summed E-state index contributed by atoms with van der Waals surface area (Å²) in [6.45, 7) is 4.34. The SMILES string of the molecule is CCCCCCCCCCC(O)(CCO)CNOC(=O)CCCC. The van der Waals surface area contributed by atoms with Gasteiger partial charge in [0.2, 0.25) is 0 Å². The van der Waals surface area contributed by atoms with Gasteiger partial charge in [0.05, 0.1) is 12.1 Å². The molecule has 0 fully saturated rings. The minimum Gasteiger partial charge on any atom is -0.396 e. The highest BCUT2D eigenvalue weighted by Gasteiger charge is 2.26. The van der Waals surface area contributed by atoms with Crippen LogP contribution in [0.5, 0.6) is 0 Å². The molecule has 0 rings (SSSR count). The topological polar surface area (TPSA) is 78.8 Å². The lowest BCUT2D eigenvalue weighted by Crippen LogP contribution is -2.42. The van der Waals surface area contributed by atoms with E-state index in [0.29, 0.717) is 19.3 Å². The molecule has 5 heteroatoms. The van der Waals surface area contributed by atoms with Crippen LogP contribution in [0.1, 0.15) is 97.3 Å². The zero-order valence-electron chi connectivity index (χ0n) is 15.8. The van der Waals surface area contributed by atoms with Crippen molar-refractivity contribution >= 4 is 5.97 Å². The standard InChI is InChI=1S/C19H39NO4/c1-3-5-7-8-9-10-11-12-14-19(23,15-16-21)17-20-24-18(22)13-6-4-2/h20-21,23H,3-17H2,1-2H3. The van der Waals surface area contributed by atoms with E-state index in [4.69, 9.17) is 9.94 Å². The van der Waals surface area contributed by atoms with Gasteiger partial charge in [-0.05, 0) is 12.8 Å². The van der Waals surface area contributed by atoms with Crippen molar-refractivity contribution in [3.63, 3.8) is 0 Å². The van der Waals surface area contributed by atoms with Crippen LogP contribution in [-0.4, -0.2) is 34.9 Å². The van der Waals surface area contributed by atoms with Crippen LogP contribution >= 0.6 is 0 Å². The van der Waals surface area contributed by atoms with E-state index in [1.165, 1.54) is 38.5 Å². The van der Waals surface area contributed by atoms with Gasteiger partial charge < -0.3 is 15.1 Å². The number of hydrogen-bond donors (Lipinski definition) is 3. The summed E-state index contributed by atoms with van der Waals surface area (Å²) >= 11 is 0. The first-order valence-electron chi connectivity index (χ1n) is 9.83. The molecule has 0 aliphatic heterocycles. The Balaban J connectivity index is 3.84. The maximum absolute atomic E-state index is 11.4. The molecule has 0 aliphatic rings. The summed E-state index contributed by atoms with van der Waals surface area (Å²) in [5.74, 6) is -0.296. The maximum Gasteiger partial charge on any atom is 0.324 e. The molecule has 0 radical (unpaired) electrons. The van der Waals surface area contributed by atoms with Gasteiger partial charge in [0.1, 0.15) is 0 Å². The number of aliphatic hydroxyl groups is 2. The fourth-order valence-corrected chi connectivity index (χ4v) is 2.72. The second kappa shape index (κ2) is 15.9. The van der Waals surface area contributed by atoms with Crippen molar-refractivity contribution < 1.29 is 19.8 Å². The zero-order valence-corrected chi connectivity index (χ0v) is 15.8. The molecular formula is C19H39NO4. The van der Waals surface area contributed by atoms with Gasteiger partial charge >= 0.3 is 5.97 Å². The number of carbonyl (C=O) groups is 1. The lowest BCUT2D eigenvalue weighted by molar-refractivity contribution is -0.154. The van der Waals surface area contributed by atoms with Crippen LogP contribution in [0.2, 0.25) is 0 Å². The highest BCUT2D eigenvalue weighted by molar-refractivity contribution is 5.68. The molecule has 0 aromatic rings. The first kappa shape index (κ1) is 23.4. The number of hydroxylamine groups is 1. The van der Waals surface area contributed by atoms with Crippen LogP contribution in [-0.2, 0) is 9.63 Å². The predicted octanol–water partition coefficient (Wildman–Crippen LogP) is 3.87. The van der Waals surface area contributed by atoms with Crippen molar-refractivity contribution in [3.05, 3.63) is 0 Å². The fraction of sp³-hybridized carbons (Fsp3) is 0.947. The first-order valence-corrected chi connectivity index (χ1v) is 9.83. The van der Waals surface area contributed by atoms with Gasteiger partial charge in [-0.25, -0.2) is 0 Å². The van der Waals surface area contributed by atoms with Crippen LogP contribution in [0.4, 0.5) is 0 Å². The van der Waals surface area contributed by atoms with Crippen molar-refractivity contribution in [1.82, 2.24) is 5.48 Å². The van der Waals surface area contributed by atoms with Crippen molar-refractivity contribution in [2.45, 2.75) is 103 Å². The molecule has 0 amide bonds. The van der Waals surface area contributed by atoms with Gasteiger partial charge in [0, 0.05) is 19.4 Å². The highest BCUT2D eigenvalue weighted by Crippen LogP contribution is 2.19. The van der Waals surface area contributed by atoms with E-state index in [2.05, 4.69) is 12.4 Å². The molecule has 24 heavy (non-hydrogen) atoms. The molecule has 0 saturated carbocycles. The lowest BCUT2D eigenvalue weighted by atomic mass is 9.92. The molecule has 0 aromatic heterocycles. The first-order chi connectivity index (χ1) is 11.6. The smallest absolute Gasteiger partial charge is 0.324 e. The molecule has 0 spiro atoms. The van der Waals surface area contributed by atoms with E-state index in [-0.39, 0.29) is 19.1 Å². The average Bonchev–Trinajstić information content (AvgIpc) is 2.55. The maximum atomic E-state index is 11.4. The van der Waals surface area contributed by atoms with Crippen LogP contribution in [0.25, 0.3) is 0 Å². The van der Waals surface area contributed by atoms with Crippen LogP contribution < -0.4 is 5.48 Å². The Morgan fingerprint density at radius 1 is 0.917 bits per heavy atom. The minimum absolute atomic E-state index is 0.0705. The molecule has 0 aliphatic carbocycles. The van der Waals surface area contributed by atoms with Crippen LogP contribution in [0, 0.1) is 0 Å². The van der Waals surface area contributed by atoms with Crippen molar-refractivity contribution in [2.24, 2.45) is 0 Å². The summed E-state index contributed by atoms with van der Waals surface area (Å²) in [6.07, 6.45) is 12.7. The van der Waals surface area contributed by atoms with E-state index >= 15 is 0 Å². The molecule has 0 saturated heterocycles. The van der Waals surface area contributed by atoms with Gasteiger partial charge in [-0.15, -0.1) is 0 Å². The number of hydrogen-bond acceptors (Lipinski definition) is 5. The molecule has 0 aromatic carbocycles. The Morgan fingerprint density at radius 3 is 2.08 bits per heavy atom. The monoisotopic (exact) mass is 345 g/mol. The Morgan fingerprint density at radius 2 is 1.50 bits per heavy atom. The van der Waals surface area contributed by atoms with E-state index in [1.54, 1.807) is 0 Å². The van der Waals surface area contributed by atoms with Crippen molar-refractivity contribution in [3.8, 4) is 0 Å². The van der Waals surface area contributed by atoms with E-state index in [0.717, 1.165) is 25.7 Å². The second-order valence-corrected chi connectivity index (χ2v) is 6.82. The number of aliphatic hydroxyl groups excluding tert-OH is 1. The third kappa shape index (κ3) is 13.8. The van der Waals surface area contributed by atoms with Gasteiger partial charge in [-0.1, -0.05) is 71.6 Å². The van der Waals surface area contributed by atoms with Crippen LogP contribution in [0.3, 0.4) is 0 Å². The minimum atomic E-state index is -1.01. The quantitative estimate of drug-likeness (QED) is 0.275. The molecule has 1 unspecified atom stereocenters. The third-order valence-corrected chi connectivity index (χ3v) is 4.39. The normalized spacial score (nSPS) is 13.7. The zero-order chi connectivity index (χ0) is 18.1. The Kier molecular flexibility index (Phi) is 15.4. The summed E-state index contributed by atoms with van der Waals surface area (Å²) in [5, 5.41) is 19.7. The third-order valence-electron chi connectivity index (χ3n) is 4.39. The Hall–Kier alpha value is -0.650. The fourth-order valence-electron chi connectivity index (χ4n) is 2.72. The van der Waals surface area contributed by atoms with Gasteiger partial charge in [0.25, 0.3) is 0 Å². The molecule has 1 atom stereocenters. The van der Waals surface area contributed by atoms with E-state index in [1.807, 2.05) is 6.92 Å². The van der Waals surface area contributed by atoms with Crippen LogP contribution in [0.15, 0.2) is 0 Å². The lowest BCUT2D eigenvalue weighted by Gasteiger charge is -2.27. The number of carbonyl (C=O) groups excluding carboxylic acids is 1. The number of rotatable bonds is 17. The molecule has 5 nitrogen and oxygen atoms in total. The summed E-state index contributed by atoms with van der Waals surface area (Å²) in [4.78, 5) is 16.4. The summed E-state index contributed by atoms with van der Waals surface area (Å²) in [7, 11) is 0. The summed E-state index contributed by atoms with van der Waals surface area (Å²) in [5.41, 5.74) is 1.57. The predicted molar refractivity (Wildman–Crippen MR) is 97.5 cm³/mol. The largest absolute Gasteiger partial charge is 0.396 e.